The fourth-order valence-corrected chi connectivity index (χ4v) is 2.35. The fourth-order valence-electron chi connectivity index (χ4n) is 1.91. The Kier molecular flexibility index (Phi) is 8.10. The molecule has 0 aromatic carbocycles. The number of hydrogen-bond acceptors (Lipinski definition) is 6. The van der Waals surface area contributed by atoms with Crippen molar-refractivity contribution in [3.8, 4) is 0 Å². The quantitative estimate of drug-likeness (QED) is 0.667. The maximum Gasteiger partial charge on any atom is 0.267 e. The highest BCUT2D eigenvalue weighted by atomic mass is 31.1. The summed E-state index contributed by atoms with van der Waals surface area (Å²) in [7, 11) is 3.51. The van der Waals surface area contributed by atoms with Crippen LogP contribution in [0.3, 0.4) is 0 Å². The van der Waals surface area contributed by atoms with Crippen LogP contribution < -0.4 is 14.9 Å². The van der Waals surface area contributed by atoms with Gasteiger partial charge in [-0.2, -0.15) is 20.0 Å². The van der Waals surface area contributed by atoms with Crippen molar-refractivity contribution < 1.29 is 0 Å². The molecule has 7 heteroatoms. The summed E-state index contributed by atoms with van der Waals surface area (Å²) in [5.41, 5.74) is 0. The Balaban J connectivity index is 3.01. The molecule has 6 nitrogen and oxygen atoms in total. The van der Waals surface area contributed by atoms with E-state index < -0.39 is 7.70 Å². The maximum absolute atomic E-state index is 4.62. The van der Waals surface area contributed by atoms with Gasteiger partial charge >= 0.3 is 0 Å². The molecule has 1 aromatic heterocycles. The van der Waals surface area contributed by atoms with Crippen LogP contribution >= 0.6 is 7.70 Å². The van der Waals surface area contributed by atoms with Crippen LogP contribution in [0.4, 0.5) is 17.8 Å². The molecular weight excluding hydrogens is 295 g/mol. The molecule has 0 bridgehead atoms. The fraction of sp³-hybridized carbons (Fsp3) is 0.733. The molecule has 124 valence electrons. The zero-order valence-corrected chi connectivity index (χ0v) is 15.5. The molecule has 0 radical (unpaired) electrons. The van der Waals surface area contributed by atoms with Gasteiger partial charge in [-0.05, 0) is 12.8 Å². The van der Waals surface area contributed by atoms with Gasteiger partial charge in [-0.25, -0.2) is 0 Å². The van der Waals surface area contributed by atoms with Crippen LogP contribution in [0, 0.1) is 0 Å². The van der Waals surface area contributed by atoms with Crippen LogP contribution in [-0.4, -0.2) is 55.1 Å². The van der Waals surface area contributed by atoms with E-state index in [1.54, 1.807) is 0 Å². The van der Waals surface area contributed by atoms with E-state index in [2.05, 4.69) is 50.0 Å². The van der Waals surface area contributed by atoms with Gasteiger partial charge in [0.1, 0.15) is 6.66 Å². The van der Waals surface area contributed by atoms with Crippen LogP contribution in [-0.2, 0) is 0 Å². The molecule has 0 saturated heterocycles. The first-order chi connectivity index (χ1) is 10.5. The lowest BCUT2D eigenvalue weighted by Gasteiger charge is -2.21. The second kappa shape index (κ2) is 9.57. The van der Waals surface area contributed by atoms with Crippen molar-refractivity contribution in [3.05, 3.63) is 0 Å². The molecule has 1 heterocycles. The molecule has 1 N–H and O–H groups in total. The Labute approximate surface area is 135 Å². The van der Waals surface area contributed by atoms with Gasteiger partial charge in [0.25, 0.3) is 5.95 Å². The van der Waals surface area contributed by atoms with Crippen molar-refractivity contribution in [3.63, 3.8) is 0 Å². The van der Waals surface area contributed by atoms with Crippen molar-refractivity contribution >= 4 is 31.8 Å². The first kappa shape index (κ1) is 18.6. The van der Waals surface area contributed by atoms with Crippen LogP contribution in [0.1, 0.15) is 39.5 Å². The molecular formula is C15H30N6P+. The predicted molar refractivity (Wildman–Crippen MR) is 99.8 cm³/mol. The maximum atomic E-state index is 4.62. The molecule has 0 fully saturated rings. The van der Waals surface area contributed by atoms with E-state index in [4.69, 9.17) is 0 Å². The first-order valence-electron chi connectivity index (χ1n) is 7.97. The molecule has 0 amide bonds. The zero-order valence-electron chi connectivity index (χ0n) is 14.6. The number of anilines is 3. The van der Waals surface area contributed by atoms with Gasteiger partial charge < -0.3 is 9.80 Å². The lowest BCUT2D eigenvalue weighted by molar-refractivity contribution is 0.730. The van der Waals surface area contributed by atoms with Gasteiger partial charge in [0.15, 0.2) is 0 Å². The number of nitrogens with one attached hydrogen (secondary N) is 1. The second-order valence-corrected chi connectivity index (χ2v) is 7.24. The summed E-state index contributed by atoms with van der Waals surface area (Å²) in [6.45, 7) is 8.31. The molecule has 1 rings (SSSR count). The zero-order chi connectivity index (χ0) is 16.5. The van der Waals surface area contributed by atoms with Gasteiger partial charge in [0, 0.05) is 27.2 Å². The molecule has 1 aromatic rings. The summed E-state index contributed by atoms with van der Waals surface area (Å²) >= 11 is 0. The molecule has 0 saturated carbocycles. The number of hydrogen-bond donors (Lipinski definition) is 1. The number of nitrogens with zero attached hydrogens (tertiary/aromatic N) is 5. The Bertz CT molecular complexity index is 447. The Hall–Kier alpha value is -1.42. The normalized spacial score (nSPS) is 11.2. The summed E-state index contributed by atoms with van der Waals surface area (Å²) in [5, 5.41) is 3.25. The summed E-state index contributed by atoms with van der Waals surface area (Å²) in [4.78, 5) is 17.9. The Morgan fingerprint density at radius 3 is 1.77 bits per heavy atom. The standard InChI is InChI=1S/C15H30N6P/c1-7-9-11-20(3)14-16-13(19-22(5)6)17-15(18-14)21(4)12-10-8-2/h5,7-12H2,1-4,6H3,(H,16,17,18,19)/q+1. The molecule has 0 aliphatic carbocycles. The van der Waals surface area contributed by atoms with Gasteiger partial charge in [0.2, 0.25) is 19.6 Å². The van der Waals surface area contributed by atoms with E-state index in [9.17, 15) is 0 Å². The minimum absolute atomic E-state index is 0.552. The van der Waals surface area contributed by atoms with Crippen molar-refractivity contribution in [2.45, 2.75) is 39.5 Å². The third-order valence-corrected chi connectivity index (χ3v) is 3.86. The predicted octanol–water partition coefficient (Wildman–Crippen LogP) is 3.21. The summed E-state index contributed by atoms with van der Waals surface area (Å²) < 4.78 is 0. The lowest BCUT2D eigenvalue weighted by atomic mass is 10.3. The third-order valence-electron chi connectivity index (χ3n) is 3.28. The number of unbranched alkanes of at least 4 members (excludes halogenated alkanes) is 2. The first-order valence-corrected chi connectivity index (χ1v) is 9.94. The van der Waals surface area contributed by atoms with E-state index in [1.165, 1.54) is 0 Å². The number of rotatable bonds is 10. The molecule has 0 aliphatic rings. The number of aromatic nitrogens is 3. The summed E-state index contributed by atoms with van der Waals surface area (Å²) in [6.07, 6.45) is 8.57. The van der Waals surface area contributed by atoms with Gasteiger partial charge in [-0.1, -0.05) is 26.7 Å². The minimum atomic E-state index is -0.552. The largest absolute Gasteiger partial charge is 0.344 e. The smallest absolute Gasteiger partial charge is 0.267 e. The Morgan fingerprint density at radius 2 is 1.41 bits per heavy atom. The molecule has 1 atom stereocenters. The van der Waals surface area contributed by atoms with Crippen molar-refractivity contribution in [2.24, 2.45) is 0 Å². The summed E-state index contributed by atoms with van der Waals surface area (Å²) in [6, 6.07) is 0. The van der Waals surface area contributed by atoms with E-state index in [0.717, 1.165) is 50.7 Å². The molecule has 0 aliphatic heterocycles. The molecule has 22 heavy (non-hydrogen) atoms. The van der Waals surface area contributed by atoms with Crippen LogP contribution in [0.15, 0.2) is 0 Å². The van der Waals surface area contributed by atoms with E-state index in [0.29, 0.717) is 5.95 Å². The van der Waals surface area contributed by atoms with Gasteiger partial charge in [-0.3, -0.25) is 0 Å². The average molecular weight is 325 g/mol. The van der Waals surface area contributed by atoms with Crippen LogP contribution in [0.2, 0.25) is 0 Å². The van der Waals surface area contributed by atoms with Crippen molar-refractivity contribution in [2.75, 3.05) is 48.7 Å². The van der Waals surface area contributed by atoms with E-state index in [-0.39, 0.29) is 0 Å². The highest BCUT2D eigenvalue weighted by Crippen LogP contribution is 2.21. The third kappa shape index (κ3) is 6.14. The monoisotopic (exact) mass is 325 g/mol. The minimum Gasteiger partial charge on any atom is -0.344 e. The van der Waals surface area contributed by atoms with Crippen molar-refractivity contribution in [1.82, 2.24) is 15.0 Å². The van der Waals surface area contributed by atoms with Crippen LogP contribution in [0.5, 0.6) is 0 Å². The highest BCUT2D eigenvalue weighted by Gasteiger charge is 2.14. The Morgan fingerprint density at radius 1 is 0.955 bits per heavy atom. The van der Waals surface area contributed by atoms with Crippen LogP contribution in [0.25, 0.3) is 0 Å². The van der Waals surface area contributed by atoms with Gasteiger partial charge in [-0.15, -0.1) is 0 Å². The highest BCUT2D eigenvalue weighted by molar-refractivity contribution is 7.56. The average Bonchev–Trinajstić information content (AvgIpc) is 2.49. The van der Waals surface area contributed by atoms with Gasteiger partial charge in [0.05, 0.1) is 6.30 Å². The second-order valence-electron chi connectivity index (χ2n) is 5.62. The summed E-state index contributed by atoms with van der Waals surface area (Å²) in [5.74, 6) is 2.07. The molecule has 1 unspecified atom stereocenters. The SMILES string of the molecule is C=[P+](C)Nc1nc(N(C)CCCC)nc(N(C)CCCC)n1. The lowest BCUT2D eigenvalue weighted by Crippen LogP contribution is -2.26. The van der Waals surface area contributed by atoms with E-state index >= 15 is 0 Å². The topological polar surface area (TPSA) is 57.2 Å². The van der Waals surface area contributed by atoms with E-state index in [1.807, 2.05) is 20.8 Å². The van der Waals surface area contributed by atoms with Crippen molar-refractivity contribution in [1.29, 1.82) is 0 Å². The molecule has 0 spiro atoms.